The average Bonchev–Trinajstić information content (AvgIpc) is 2.72. The number of aliphatic hydroxyl groups is 2. The average molecular weight is 417 g/mol. The summed E-state index contributed by atoms with van der Waals surface area (Å²) in [4.78, 5) is 10.2. The van der Waals surface area contributed by atoms with Gasteiger partial charge in [-0.1, -0.05) is 32.6 Å². The molecule has 0 aliphatic heterocycles. The molecule has 0 radical (unpaired) electrons. The van der Waals surface area contributed by atoms with E-state index < -0.39 is 6.10 Å². The maximum Gasteiger partial charge on any atom is 0.161 e. The molecule has 0 aliphatic rings. The number of methoxy groups -OCH3 is 1. The number of carbonyl (C=O) groups is 1. The lowest BCUT2D eigenvalue weighted by Gasteiger charge is -2.09. The Labute approximate surface area is 175 Å². The van der Waals surface area contributed by atoms with E-state index in [1.54, 1.807) is 0 Å². The van der Waals surface area contributed by atoms with Crippen molar-refractivity contribution >= 4 is 6.29 Å². The second kappa shape index (κ2) is 21.0. The number of unbranched alkanes of at least 4 members (excludes halogenated alkanes) is 3. The Hall–Kier alpha value is -1.67. The van der Waals surface area contributed by atoms with E-state index in [-0.39, 0.29) is 18.6 Å². The summed E-state index contributed by atoms with van der Waals surface area (Å²) in [5.74, 6) is 0.354. The minimum atomic E-state index is -0.489. The molecule has 1 rings (SSSR count). The molecule has 0 saturated carbocycles. The summed E-state index contributed by atoms with van der Waals surface area (Å²) in [7, 11) is 1.43. The first kappa shape index (κ1) is 29.5. The first-order valence-corrected chi connectivity index (χ1v) is 10.2. The number of aldehydes is 1. The van der Waals surface area contributed by atoms with Crippen LogP contribution in [0, 0.1) is 0 Å². The number of hydrogen-bond acceptors (Lipinski definition) is 7. The Morgan fingerprint density at radius 1 is 1.07 bits per heavy atom. The van der Waals surface area contributed by atoms with Crippen LogP contribution in [0.2, 0.25) is 0 Å². The quantitative estimate of drug-likeness (QED) is 0.269. The summed E-state index contributed by atoms with van der Waals surface area (Å²) in [6.45, 7) is 9.31. The Morgan fingerprint density at radius 2 is 1.69 bits per heavy atom. The normalized spacial score (nSPS) is 11.0. The second-order valence-electron chi connectivity index (χ2n) is 6.21. The fraction of sp³-hybridized carbons (Fsp3) is 0.682. The number of carbonyl (C=O) groups excluding carboxylic acids is 1. The molecular weight excluding hydrogens is 376 g/mol. The Balaban J connectivity index is 0. The first-order chi connectivity index (χ1) is 13.9. The molecule has 7 nitrogen and oxygen atoms in total. The third kappa shape index (κ3) is 18.1. The third-order valence-electron chi connectivity index (χ3n) is 3.74. The zero-order chi connectivity index (χ0) is 22.5. The highest BCUT2D eigenvalue weighted by molar-refractivity contribution is 5.76. The number of rotatable bonds is 12. The van der Waals surface area contributed by atoms with Crippen LogP contribution < -0.4 is 4.74 Å². The number of phenolic OH excluding ortho intramolecular Hbond substituents is 1. The molecule has 29 heavy (non-hydrogen) atoms. The van der Waals surface area contributed by atoms with Gasteiger partial charge in [-0.15, -0.1) is 0 Å². The van der Waals surface area contributed by atoms with E-state index in [1.165, 1.54) is 44.6 Å². The van der Waals surface area contributed by atoms with Gasteiger partial charge in [-0.2, -0.15) is 0 Å². The zero-order valence-electron chi connectivity index (χ0n) is 18.6. The first-order valence-electron chi connectivity index (χ1n) is 10.2. The van der Waals surface area contributed by atoms with Crippen molar-refractivity contribution < 1.29 is 34.3 Å². The van der Waals surface area contributed by atoms with Crippen LogP contribution in [0.4, 0.5) is 0 Å². The summed E-state index contributed by atoms with van der Waals surface area (Å²) in [5, 5.41) is 26.4. The maximum atomic E-state index is 10.2. The molecule has 0 aromatic heterocycles. The molecule has 0 amide bonds. The van der Waals surface area contributed by atoms with Crippen molar-refractivity contribution in [3.05, 3.63) is 23.8 Å². The molecule has 7 heteroatoms. The Bertz CT molecular complexity index is 488. The molecule has 170 valence electrons. The van der Waals surface area contributed by atoms with Gasteiger partial charge in [0, 0.05) is 18.8 Å². The van der Waals surface area contributed by atoms with E-state index in [2.05, 4.69) is 6.92 Å². The Kier molecular flexibility index (Phi) is 21.4. The fourth-order valence-electron chi connectivity index (χ4n) is 2.18. The highest BCUT2D eigenvalue weighted by Gasteiger charge is 2.00. The molecule has 1 aromatic rings. The molecular formula is C22H40O7. The molecule has 1 unspecified atom stereocenters. The zero-order valence-corrected chi connectivity index (χ0v) is 18.6. The fourth-order valence-corrected chi connectivity index (χ4v) is 2.18. The van der Waals surface area contributed by atoms with Gasteiger partial charge in [-0.05, 0) is 45.4 Å². The van der Waals surface area contributed by atoms with Gasteiger partial charge in [-0.3, -0.25) is 4.79 Å². The van der Waals surface area contributed by atoms with Crippen LogP contribution in [-0.4, -0.2) is 60.9 Å². The van der Waals surface area contributed by atoms with Crippen LogP contribution in [-0.2, 0) is 9.47 Å². The number of ether oxygens (including phenoxy) is 3. The van der Waals surface area contributed by atoms with Gasteiger partial charge in [0.25, 0.3) is 0 Å². The number of benzene rings is 1. The predicted octanol–water partition coefficient (Wildman–Crippen LogP) is 3.93. The van der Waals surface area contributed by atoms with Crippen molar-refractivity contribution in [2.24, 2.45) is 0 Å². The van der Waals surface area contributed by atoms with Crippen molar-refractivity contribution in [2.75, 3.05) is 26.9 Å². The van der Waals surface area contributed by atoms with Crippen LogP contribution in [0.25, 0.3) is 0 Å². The van der Waals surface area contributed by atoms with Crippen LogP contribution >= 0.6 is 0 Å². The lowest BCUT2D eigenvalue weighted by Crippen LogP contribution is -2.11. The minimum Gasteiger partial charge on any atom is -0.504 e. The standard InChI is InChI=1S/C8H8O3.C8H18O2.C6H14O2/c1-11-8-4-6(5-9)2-3-7(8)10;1-2-3-4-5-6-8(10)7-9;1-4-7-6(3)8-5-2/h2-5,10H,1H3;8-10H,2-7H2,1H3;6H,4-5H2,1-3H3. The van der Waals surface area contributed by atoms with Crippen molar-refractivity contribution in [1.29, 1.82) is 0 Å². The van der Waals surface area contributed by atoms with E-state index in [1.807, 2.05) is 20.8 Å². The summed E-state index contributed by atoms with van der Waals surface area (Å²) in [6, 6.07) is 4.41. The molecule has 0 aliphatic carbocycles. The van der Waals surface area contributed by atoms with Crippen molar-refractivity contribution in [1.82, 2.24) is 0 Å². The molecule has 0 bridgehead atoms. The van der Waals surface area contributed by atoms with E-state index >= 15 is 0 Å². The molecule has 3 N–H and O–H groups in total. The monoisotopic (exact) mass is 416 g/mol. The van der Waals surface area contributed by atoms with E-state index in [9.17, 15) is 4.79 Å². The summed E-state index contributed by atoms with van der Waals surface area (Å²) < 4.78 is 14.9. The summed E-state index contributed by atoms with van der Waals surface area (Å²) in [5.41, 5.74) is 0.486. The van der Waals surface area contributed by atoms with Crippen molar-refractivity contribution in [2.45, 2.75) is 72.2 Å². The van der Waals surface area contributed by atoms with Crippen molar-refractivity contribution in [3.63, 3.8) is 0 Å². The highest BCUT2D eigenvalue weighted by Crippen LogP contribution is 2.25. The van der Waals surface area contributed by atoms with Crippen LogP contribution in [0.5, 0.6) is 11.5 Å². The SMILES string of the molecule is CCCCCCC(O)CO.CCOC(C)OCC.COc1cc(C=O)ccc1O. The van der Waals surface area contributed by atoms with Gasteiger partial charge in [-0.25, -0.2) is 0 Å². The third-order valence-corrected chi connectivity index (χ3v) is 3.74. The van der Waals surface area contributed by atoms with Gasteiger partial charge in [0.15, 0.2) is 17.8 Å². The molecule has 0 spiro atoms. The smallest absolute Gasteiger partial charge is 0.161 e. The van der Waals surface area contributed by atoms with Crippen LogP contribution in [0.1, 0.15) is 70.2 Å². The van der Waals surface area contributed by atoms with Gasteiger partial charge in [0.05, 0.1) is 19.8 Å². The number of aromatic hydroxyl groups is 1. The summed E-state index contributed by atoms with van der Waals surface area (Å²) >= 11 is 0. The maximum absolute atomic E-state index is 10.2. The van der Waals surface area contributed by atoms with Crippen LogP contribution in [0.3, 0.4) is 0 Å². The Morgan fingerprint density at radius 3 is 2.14 bits per heavy atom. The highest BCUT2D eigenvalue weighted by atomic mass is 16.7. The molecule has 0 saturated heterocycles. The lowest BCUT2D eigenvalue weighted by atomic mass is 10.1. The summed E-state index contributed by atoms with van der Waals surface area (Å²) in [6.07, 6.45) is 5.58. The van der Waals surface area contributed by atoms with Gasteiger partial charge in [0.2, 0.25) is 0 Å². The van der Waals surface area contributed by atoms with Crippen LogP contribution in [0.15, 0.2) is 18.2 Å². The number of hydrogen-bond donors (Lipinski definition) is 3. The van der Waals surface area contributed by atoms with E-state index in [4.69, 9.17) is 29.5 Å². The minimum absolute atomic E-state index is 0.0370. The molecule has 1 aromatic carbocycles. The largest absolute Gasteiger partial charge is 0.504 e. The topological polar surface area (TPSA) is 105 Å². The van der Waals surface area contributed by atoms with Gasteiger partial charge < -0.3 is 29.5 Å². The lowest BCUT2D eigenvalue weighted by molar-refractivity contribution is -0.123. The molecule has 0 heterocycles. The number of aliphatic hydroxyl groups excluding tert-OH is 2. The number of phenols is 1. The van der Waals surface area contributed by atoms with Gasteiger partial charge in [0.1, 0.15) is 6.29 Å². The molecule has 0 fully saturated rings. The van der Waals surface area contributed by atoms with E-state index in [0.29, 0.717) is 17.6 Å². The second-order valence-corrected chi connectivity index (χ2v) is 6.21. The van der Waals surface area contributed by atoms with Crippen molar-refractivity contribution in [3.8, 4) is 11.5 Å². The molecule has 1 atom stereocenters. The van der Waals surface area contributed by atoms with Gasteiger partial charge >= 0.3 is 0 Å². The van der Waals surface area contributed by atoms with E-state index in [0.717, 1.165) is 26.1 Å². The predicted molar refractivity (Wildman–Crippen MR) is 115 cm³/mol.